The number of amides is 1. The van der Waals surface area contributed by atoms with Crippen molar-refractivity contribution < 1.29 is 4.79 Å². The van der Waals surface area contributed by atoms with Crippen LogP contribution in [0.3, 0.4) is 0 Å². The molecule has 0 aliphatic heterocycles. The third-order valence-corrected chi connectivity index (χ3v) is 5.23. The van der Waals surface area contributed by atoms with Crippen LogP contribution in [0.5, 0.6) is 0 Å². The first-order chi connectivity index (χ1) is 14.2. The molecule has 0 fully saturated rings. The zero-order chi connectivity index (χ0) is 20.1. The number of nitrogens with one attached hydrogen (secondary N) is 2. The van der Waals surface area contributed by atoms with Crippen LogP contribution in [0.4, 0.5) is 11.5 Å². The molecule has 0 aliphatic rings. The van der Waals surface area contributed by atoms with Crippen LogP contribution in [0.2, 0.25) is 5.02 Å². The summed E-state index contributed by atoms with van der Waals surface area (Å²) in [5.41, 5.74) is 4.11. The van der Waals surface area contributed by atoms with Crippen LogP contribution in [-0.4, -0.2) is 15.9 Å². The largest absolute Gasteiger partial charge is 0.365 e. The predicted molar refractivity (Wildman–Crippen MR) is 119 cm³/mol. The summed E-state index contributed by atoms with van der Waals surface area (Å²) in [6.45, 7) is 0.536. The number of benzene rings is 1. The first-order valence-electron chi connectivity index (χ1n) is 8.91. The molecule has 29 heavy (non-hydrogen) atoms. The van der Waals surface area contributed by atoms with Gasteiger partial charge >= 0.3 is 0 Å². The summed E-state index contributed by atoms with van der Waals surface area (Å²) in [5, 5.41) is 10.8. The lowest BCUT2D eigenvalue weighted by Gasteiger charge is -2.13. The lowest BCUT2D eigenvalue weighted by Crippen LogP contribution is -2.16. The van der Waals surface area contributed by atoms with E-state index in [2.05, 4.69) is 20.6 Å². The van der Waals surface area contributed by atoms with Gasteiger partial charge in [-0.15, -0.1) is 0 Å². The Labute approximate surface area is 177 Å². The number of halogens is 1. The van der Waals surface area contributed by atoms with Crippen LogP contribution in [0, 0.1) is 0 Å². The van der Waals surface area contributed by atoms with Gasteiger partial charge in [0.25, 0.3) is 5.91 Å². The van der Waals surface area contributed by atoms with Crippen LogP contribution in [-0.2, 0) is 6.54 Å². The first kappa shape index (κ1) is 19.1. The normalized spacial score (nSPS) is 10.5. The van der Waals surface area contributed by atoms with Crippen molar-refractivity contribution in [2.24, 2.45) is 0 Å². The summed E-state index contributed by atoms with van der Waals surface area (Å²) in [6.07, 6.45) is 5.24. The monoisotopic (exact) mass is 420 g/mol. The molecule has 5 nitrogen and oxygen atoms in total. The molecule has 0 aliphatic carbocycles. The molecule has 3 aromatic heterocycles. The van der Waals surface area contributed by atoms with Gasteiger partial charge in [0, 0.05) is 41.4 Å². The highest BCUT2D eigenvalue weighted by atomic mass is 35.5. The number of hydrogen-bond donors (Lipinski definition) is 2. The van der Waals surface area contributed by atoms with E-state index in [9.17, 15) is 4.79 Å². The van der Waals surface area contributed by atoms with Gasteiger partial charge in [-0.1, -0.05) is 11.6 Å². The number of hydrogen-bond acceptors (Lipinski definition) is 5. The van der Waals surface area contributed by atoms with E-state index in [1.54, 1.807) is 54.2 Å². The lowest BCUT2D eigenvalue weighted by atomic mass is 10.1. The number of nitrogens with zero attached hydrogens (tertiary/aromatic N) is 2. The highest BCUT2D eigenvalue weighted by Crippen LogP contribution is 2.26. The summed E-state index contributed by atoms with van der Waals surface area (Å²) < 4.78 is 0. The maximum atomic E-state index is 13.0. The summed E-state index contributed by atoms with van der Waals surface area (Å²) >= 11 is 7.53. The molecule has 0 saturated carbocycles. The Morgan fingerprint density at radius 3 is 2.55 bits per heavy atom. The molecule has 144 valence electrons. The lowest BCUT2D eigenvalue weighted by molar-refractivity contribution is 0.102. The van der Waals surface area contributed by atoms with E-state index in [0.29, 0.717) is 28.6 Å². The zero-order valence-corrected chi connectivity index (χ0v) is 16.9. The van der Waals surface area contributed by atoms with Crippen molar-refractivity contribution in [3.8, 4) is 11.1 Å². The van der Waals surface area contributed by atoms with E-state index in [1.807, 2.05) is 35.0 Å². The Balaban J connectivity index is 1.62. The number of pyridine rings is 2. The Bertz CT molecular complexity index is 1100. The van der Waals surface area contributed by atoms with Gasteiger partial charge < -0.3 is 10.6 Å². The molecule has 3 heterocycles. The molecule has 4 aromatic rings. The molecule has 0 unspecified atom stereocenters. The number of rotatable bonds is 6. The van der Waals surface area contributed by atoms with Crippen molar-refractivity contribution >= 4 is 40.4 Å². The molecule has 7 heteroatoms. The van der Waals surface area contributed by atoms with Crippen molar-refractivity contribution in [1.82, 2.24) is 9.97 Å². The third-order valence-electron chi connectivity index (χ3n) is 4.30. The van der Waals surface area contributed by atoms with E-state index in [1.165, 1.54) is 0 Å². The van der Waals surface area contributed by atoms with Crippen molar-refractivity contribution in [3.05, 3.63) is 94.0 Å². The maximum absolute atomic E-state index is 13.0. The Kier molecular flexibility index (Phi) is 5.84. The summed E-state index contributed by atoms with van der Waals surface area (Å²) in [5.74, 6) is 0.279. The molecule has 1 aromatic carbocycles. The van der Waals surface area contributed by atoms with Gasteiger partial charge in [-0.2, -0.15) is 11.3 Å². The molecule has 0 bridgehead atoms. The van der Waals surface area contributed by atoms with Crippen LogP contribution >= 0.6 is 22.9 Å². The number of carbonyl (C=O) groups excluding carboxylic acids is 1. The quantitative estimate of drug-likeness (QED) is 0.418. The minimum atomic E-state index is -0.242. The molecular formula is C22H17ClN4OS. The van der Waals surface area contributed by atoms with Crippen molar-refractivity contribution in [2.75, 3.05) is 10.6 Å². The number of thiophene rings is 1. The Morgan fingerprint density at radius 1 is 1.03 bits per heavy atom. The number of anilines is 2. The van der Waals surface area contributed by atoms with E-state index in [-0.39, 0.29) is 5.91 Å². The second kappa shape index (κ2) is 8.86. The van der Waals surface area contributed by atoms with Gasteiger partial charge in [0.2, 0.25) is 0 Å². The predicted octanol–water partition coefficient (Wildman–Crippen LogP) is 5.72. The van der Waals surface area contributed by atoms with Gasteiger partial charge in [0.05, 0.1) is 5.56 Å². The molecule has 0 radical (unpaired) electrons. The Hall–Kier alpha value is -3.22. The van der Waals surface area contributed by atoms with Gasteiger partial charge in [-0.25, -0.2) is 4.98 Å². The van der Waals surface area contributed by atoms with Gasteiger partial charge in [0.1, 0.15) is 5.82 Å². The summed E-state index contributed by atoms with van der Waals surface area (Å²) in [4.78, 5) is 21.6. The van der Waals surface area contributed by atoms with Crippen molar-refractivity contribution in [1.29, 1.82) is 0 Å². The standard InChI is InChI=1S/C22H17ClN4OS/c23-18-1-3-19(4-2-18)27-22(28)20-11-17(16-7-10-29-14-16)13-26-21(20)25-12-15-5-8-24-9-6-15/h1-11,13-14H,12H2,(H,25,26)(H,27,28). The number of aromatic nitrogens is 2. The average Bonchev–Trinajstić information content (AvgIpc) is 3.29. The molecule has 0 saturated heterocycles. The number of carbonyl (C=O) groups is 1. The summed E-state index contributed by atoms with van der Waals surface area (Å²) in [6, 6.07) is 14.7. The van der Waals surface area contributed by atoms with Crippen LogP contribution in [0.1, 0.15) is 15.9 Å². The summed E-state index contributed by atoms with van der Waals surface area (Å²) in [7, 11) is 0. The zero-order valence-electron chi connectivity index (χ0n) is 15.3. The fourth-order valence-electron chi connectivity index (χ4n) is 2.78. The van der Waals surface area contributed by atoms with Crippen LogP contribution in [0.25, 0.3) is 11.1 Å². The molecule has 0 spiro atoms. The Morgan fingerprint density at radius 2 is 1.83 bits per heavy atom. The third kappa shape index (κ3) is 4.80. The van der Waals surface area contributed by atoms with E-state index in [4.69, 9.17) is 11.6 Å². The van der Waals surface area contributed by atoms with E-state index < -0.39 is 0 Å². The minimum absolute atomic E-state index is 0.242. The topological polar surface area (TPSA) is 66.9 Å². The van der Waals surface area contributed by atoms with Crippen LogP contribution < -0.4 is 10.6 Å². The average molecular weight is 421 g/mol. The highest BCUT2D eigenvalue weighted by molar-refractivity contribution is 7.08. The molecular weight excluding hydrogens is 404 g/mol. The molecule has 0 atom stereocenters. The minimum Gasteiger partial charge on any atom is -0.365 e. The smallest absolute Gasteiger partial charge is 0.259 e. The highest BCUT2D eigenvalue weighted by Gasteiger charge is 2.15. The first-order valence-corrected chi connectivity index (χ1v) is 10.2. The van der Waals surface area contributed by atoms with E-state index in [0.717, 1.165) is 16.7 Å². The molecule has 4 rings (SSSR count). The van der Waals surface area contributed by atoms with Crippen molar-refractivity contribution in [2.45, 2.75) is 6.54 Å². The fraction of sp³-hybridized carbons (Fsp3) is 0.0455. The van der Waals surface area contributed by atoms with Gasteiger partial charge in [0.15, 0.2) is 0 Å². The fourth-order valence-corrected chi connectivity index (χ4v) is 3.57. The SMILES string of the molecule is O=C(Nc1ccc(Cl)cc1)c1cc(-c2ccsc2)cnc1NCc1ccncc1. The van der Waals surface area contributed by atoms with Crippen LogP contribution in [0.15, 0.2) is 77.9 Å². The second-order valence-corrected chi connectivity index (χ2v) is 7.52. The van der Waals surface area contributed by atoms with Gasteiger partial charge in [-0.3, -0.25) is 9.78 Å². The molecule has 2 N–H and O–H groups in total. The molecule has 1 amide bonds. The maximum Gasteiger partial charge on any atom is 0.259 e. The second-order valence-electron chi connectivity index (χ2n) is 6.30. The van der Waals surface area contributed by atoms with Crippen molar-refractivity contribution in [3.63, 3.8) is 0 Å². The van der Waals surface area contributed by atoms with E-state index >= 15 is 0 Å². The van der Waals surface area contributed by atoms with Gasteiger partial charge in [-0.05, 0) is 70.4 Å².